The van der Waals surface area contributed by atoms with E-state index in [-0.39, 0.29) is 18.0 Å². The van der Waals surface area contributed by atoms with Crippen LogP contribution in [0.5, 0.6) is 0 Å². The molecule has 3 aromatic rings. The number of anilines is 1. The first-order valence-corrected chi connectivity index (χ1v) is 16.0. The van der Waals surface area contributed by atoms with Gasteiger partial charge < -0.3 is 10.2 Å². The van der Waals surface area contributed by atoms with Crippen LogP contribution in [0.1, 0.15) is 36.5 Å². The molecule has 0 saturated carbocycles. The van der Waals surface area contributed by atoms with E-state index >= 15 is 0 Å². The number of alkyl halides is 3. The predicted molar refractivity (Wildman–Crippen MR) is 162 cm³/mol. The van der Waals surface area contributed by atoms with Crippen molar-refractivity contribution in [2.75, 3.05) is 23.7 Å². The van der Waals surface area contributed by atoms with Crippen LogP contribution in [0.15, 0.2) is 72.8 Å². The Morgan fingerprint density at radius 2 is 1.60 bits per heavy atom. The highest BCUT2D eigenvalue weighted by atomic mass is 35.5. The molecule has 0 aromatic heterocycles. The quantitative estimate of drug-likeness (QED) is 0.218. The molecule has 43 heavy (non-hydrogen) atoms. The molecule has 0 unspecified atom stereocenters. The van der Waals surface area contributed by atoms with Crippen molar-refractivity contribution in [1.82, 2.24) is 10.2 Å². The molecule has 0 saturated heterocycles. The summed E-state index contributed by atoms with van der Waals surface area (Å²) in [4.78, 5) is 28.9. The third kappa shape index (κ3) is 9.87. The van der Waals surface area contributed by atoms with E-state index < -0.39 is 51.9 Å². The number of benzene rings is 3. The molecule has 1 atom stereocenters. The average Bonchev–Trinajstić information content (AvgIpc) is 2.94. The van der Waals surface area contributed by atoms with Gasteiger partial charge >= 0.3 is 6.18 Å². The van der Waals surface area contributed by atoms with Gasteiger partial charge in [-0.3, -0.25) is 13.9 Å². The molecule has 0 bridgehead atoms. The number of rotatable bonds is 13. The number of hydrogen-bond donors (Lipinski definition) is 1. The van der Waals surface area contributed by atoms with E-state index in [4.69, 9.17) is 23.2 Å². The standard InChI is InChI=1S/C30H32Cl2F3N3O4S/c1-3-4-16-36-29(40)27(17-21-8-6-5-7-9-21)37(19-22-10-13-24(31)14-11-22)28(39)20-38(43(2,41)42)26-18-23(30(33,34)35)12-15-25(26)32/h5-15,18,27H,3-4,16-17,19-20H2,1-2H3,(H,36,40)/t27-/m1/s1. The molecular formula is C30H32Cl2F3N3O4S. The second-order valence-corrected chi connectivity index (χ2v) is 12.7. The molecule has 0 spiro atoms. The van der Waals surface area contributed by atoms with E-state index in [1.807, 2.05) is 6.92 Å². The average molecular weight is 659 g/mol. The largest absolute Gasteiger partial charge is 0.416 e. The molecule has 0 aliphatic rings. The van der Waals surface area contributed by atoms with Gasteiger partial charge in [-0.15, -0.1) is 0 Å². The summed E-state index contributed by atoms with van der Waals surface area (Å²) < 4.78 is 66.8. The third-order valence-corrected chi connectivity index (χ3v) is 8.29. The van der Waals surface area contributed by atoms with Crippen LogP contribution in [0, 0.1) is 0 Å². The van der Waals surface area contributed by atoms with Crippen LogP contribution in [0.3, 0.4) is 0 Å². The molecule has 0 radical (unpaired) electrons. The van der Waals surface area contributed by atoms with Crippen molar-refractivity contribution >= 4 is 50.7 Å². The Labute approximate surface area is 259 Å². The molecule has 3 aromatic carbocycles. The Balaban J connectivity index is 2.09. The molecule has 13 heteroatoms. The maximum absolute atomic E-state index is 14.1. The summed E-state index contributed by atoms with van der Waals surface area (Å²) in [5.41, 5.74) is -0.304. The lowest BCUT2D eigenvalue weighted by Gasteiger charge is -2.33. The maximum atomic E-state index is 14.1. The number of carbonyl (C=O) groups excluding carboxylic acids is 2. The van der Waals surface area contributed by atoms with Gasteiger partial charge in [0.1, 0.15) is 12.6 Å². The maximum Gasteiger partial charge on any atom is 0.416 e. The van der Waals surface area contributed by atoms with Crippen LogP contribution in [0.2, 0.25) is 10.0 Å². The van der Waals surface area contributed by atoms with Crippen molar-refractivity contribution < 1.29 is 31.2 Å². The van der Waals surface area contributed by atoms with E-state index in [1.165, 1.54) is 4.90 Å². The first-order chi connectivity index (χ1) is 20.2. The molecule has 7 nitrogen and oxygen atoms in total. The van der Waals surface area contributed by atoms with Crippen molar-refractivity contribution in [3.63, 3.8) is 0 Å². The highest BCUT2D eigenvalue weighted by Crippen LogP contribution is 2.36. The van der Waals surface area contributed by atoms with Crippen LogP contribution in [0.4, 0.5) is 18.9 Å². The zero-order valence-corrected chi connectivity index (χ0v) is 25.9. The molecule has 0 heterocycles. The lowest BCUT2D eigenvalue weighted by molar-refractivity contribution is -0.140. The van der Waals surface area contributed by atoms with Crippen molar-refractivity contribution in [2.24, 2.45) is 0 Å². The lowest BCUT2D eigenvalue weighted by Crippen LogP contribution is -2.53. The molecule has 0 fully saturated rings. The number of amides is 2. The van der Waals surface area contributed by atoms with Gasteiger partial charge in [-0.1, -0.05) is 79.0 Å². The SMILES string of the molecule is CCCCNC(=O)[C@@H](Cc1ccccc1)N(Cc1ccc(Cl)cc1)C(=O)CN(c1cc(C(F)(F)F)ccc1Cl)S(C)(=O)=O. The third-order valence-electron chi connectivity index (χ3n) is 6.59. The zero-order valence-electron chi connectivity index (χ0n) is 23.6. The Hall–Kier alpha value is -3.28. The summed E-state index contributed by atoms with van der Waals surface area (Å²) in [5.74, 6) is -1.27. The fourth-order valence-corrected chi connectivity index (χ4v) is 5.57. The first kappa shape index (κ1) is 34.2. The fraction of sp³-hybridized carbons (Fsp3) is 0.333. The lowest BCUT2D eigenvalue weighted by atomic mass is 10.0. The summed E-state index contributed by atoms with van der Waals surface area (Å²) in [5, 5.41) is 3.00. The molecule has 3 rings (SSSR count). The van der Waals surface area contributed by atoms with Crippen LogP contribution >= 0.6 is 23.2 Å². The van der Waals surface area contributed by atoms with Crippen molar-refractivity contribution in [2.45, 2.75) is 44.9 Å². The van der Waals surface area contributed by atoms with Gasteiger partial charge in [0, 0.05) is 24.5 Å². The molecule has 1 N–H and O–H groups in total. The summed E-state index contributed by atoms with van der Waals surface area (Å²) in [7, 11) is -4.32. The van der Waals surface area contributed by atoms with Gasteiger partial charge in [-0.05, 0) is 47.9 Å². The fourth-order valence-electron chi connectivity index (χ4n) is 4.32. The van der Waals surface area contributed by atoms with E-state index in [0.717, 1.165) is 30.4 Å². The smallest absolute Gasteiger partial charge is 0.354 e. The number of unbranched alkanes of at least 4 members (excludes halogenated alkanes) is 1. The number of nitrogens with one attached hydrogen (secondary N) is 1. The number of halogens is 5. The highest BCUT2D eigenvalue weighted by molar-refractivity contribution is 7.92. The number of hydrogen-bond acceptors (Lipinski definition) is 4. The van der Waals surface area contributed by atoms with Gasteiger partial charge in [0.15, 0.2) is 0 Å². The van der Waals surface area contributed by atoms with E-state index in [2.05, 4.69) is 5.32 Å². The van der Waals surface area contributed by atoms with E-state index in [0.29, 0.717) is 33.9 Å². The number of carbonyl (C=O) groups is 2. The second kappa shape index (κ2) is 14.9. The normalized spacial score (nSPS) is 12.4. The van der Waals surface area contributed by atoms with E-state index in [9.17, 15) is 31.2 Å². The van der Waals surface area contributed by atoms with Crippen molar-refractivity contribution in [1.29, 1.82) is 0 Å². The Kier molecular flexibility index (Phi) is 11.9. The zero-order chi connectivity index (χ0) is 31.8. The number of sulfonamides is 1. The summed E-state index contributed by atoms with van der Waals surface area (Å²) in [6.07, 6.45) is -2.41. The van der Waals surface area contributed by atoms with Gasteiger partial charge in [-0.25, -0.2) is 8.42 Å². The van der Waals surface area contributed by atoms with Gasteiger partial charge in [-0.2, -0.15) is 13.2 Å². The van der Waals surface area contributed by atoms with Crippen LogP contribution in [0.25, 0.3) is 0 Å². The van der Waals surface area contributed by atoms with Gasteiger partial charge in [0.05, 0.1) is 22.5 Å². The monoisotopic (exact) mass is 657 g/mol. The molecule has 0 aliphatic heterocycles. The van der Waals surface area contributed by atoms with Gasteiger partial charge in [0.2, 0.25) is 21.8 Å². The highest BCUT2D eigenvalue weighted by Gasteiger charge is 2.35. The minimum atomic E-state index is -4.79. The van der Waals surface area contributed by atoms with E-state index in [1.54, 1.807) is 54.6 Å². The molecule has 232 valence electrons. The second-order valence-electron chi connectivity index (χ2n) is 9.93. The topological polar surface area (TPSA) is 86.8 Å². The predicted octanol–water partition coefficient (Wildman–Crippen LogP) is 6.33. The molecule has 2 amide bonds. The van der Waals surface area contributed by atoms with Crippen LogP contribution in [-0.4, -0.2) is 50.5 Å². The molecular weight excluding hydrogens is 626 g/mol. The summed E-state index contributed by atoms with van der Waals surface area (Å²) in [6.45, 7) is 1.31. The Morgan fingerprint density at radius 1 is 0.953 bits per heavy atom. The van der Waals surface area contributed by atoms with Crippen LogP contribution in [-0.2, 0) is 38.8 Å². The van der Waals surface area contributed by atoms with Crippen molar-refractivity contribution in [3.05, 3.63) is 99.5 Å². The Morgan fingerprint density at radius 3 is 2.19 bits per heavy atom. The first-order valence-electron chi connectivity index (χ1n) is 13.4. The van der Waals surface area contributed by atoms with Crippen molar-refractivity contribution in [3.8, 4) is 0 Å². The Bertz CT molecular complexity index is 1510. The minimum absolute atomic E-state index is 0.0985. The van der Waals surface area contributed by atoms with Crippen LogP contribution < -0.4 is 9.62 Å². The molecule has 0 aliphatic carbocycles. The van der Waals surface area contributed by atoms with Gasteiger partial charge in [0.25, 0.3) is 0 Å². The summed E-state index contributed by atoms with van der Waals surface area (Å²) >= 11 is 12.2. The minimum Gasteiger partial charge on any atom is -0.354 e. The summed E-state index contributed by atoms with van der Waals surface area (Å²) in [6, 6.07) is 16.7. The number of nitrogens with zero attached hydrogens (tertiary/aromatic N) is 2.